The summed E-state index contributed by atoms with van der Waals surface area (Å²) in [6, 6.07) is 4.64. The number of halogens is 1. The number of aromatic nitrogens is 5. The molecule has 0 saturated carbocycles. The average Bonchev–Trinajstić information content (AvgIpc) is 3.41. The van der Waals surface area contributed by atoms with Crippen molar-refractivity contribution in [2.24, 2.45) is 5.41 Å². The van der Waals surface area contributed by atoms with Crippen molar-refractivity contribution in [3.8, 4) is 0 Å². The van der Waals surface area contributed by atoms with Gasteiger partial charge in [-0.05, 0) is 58.1 Å². The van der Waals surface area contributed by atoms with E-state index in [4.69, 9.17) is 4.52 Å². The standard InChI is InChI=1S/C27H38FN7O3/c1-16-13-21(35(32-16)26(6,7)8)31-22-19(28)10-9-18(30-22)14-27(23-29-17(2)38-33-23)11-12-34(24(36)37)20(15-27)25(3,4)5/h9-10,13,20H,11-12,14-15H2,1-8H3,(H,30,31)(H,36,37). The summed E-state index contributed by atoms with van der Waals surface area (Å²) in [6.45, 7) is 16.1. The van der Waals surface area contributed by atoms with Gasteiger partial charge in [0.1, 0.15) is 5.82 Å². The maximum Gasteiger partial charge on any atom is 0.407 e. The molecule has 0 spiro atoms. The van der Waals surface area contributed by atoms with Crippen LogP contribution < -0.4 is 5.32 Å². The van der Waals surface area contributed by atoms with E-state index in [1.54, 1.807) is 13.0 Å². The fourth-order valence-corrected chi connectivity index (χ4v) is 5.27. The highest BCUT2D eigenvalue weighted by Gasteiger charge is 2.49. The highest BCUT2D eigenvalue weighted by atomic mass is 19.1. The zero-order chi connectivity index (χ0) is 28.0. The van der Waals surface area contributed by atoms with Crippen LogP contribution in [0.4, 0.5) is 20.8 Å². The first-order chi connectivity index (χ1) is 17.6. The first-order valence-corrected chi connectivity index (χ1v) is 12.9. The lowest BCUT2D eigenvalue weighted by Gasteiger charge is -2.49. The number of aryl methyl sites for hydroxylation is 2. The second-order valence-corrected chi connectivity index (χ2v) is 12.4. The molecule has 1 aliphatic rings. The van der Waals surface area contributed by atoms with Crippen LogP contribution in [0.2, 0.25) is 0 Å². The topological polar surface area (TPSA) is 122 Å². The number of carbonyl (C=O) groups is 1. The van der Waals surface area contributed by atoms with Gasteiger partial charge in [0.25, 0.3) is 0 Å². The number of rotatable bonds is 5. The minimum absolute atomic E-state index is 0.0997. The molecule has 2 N–H and O–H groups in total. The third-order valence-electron chi connectivity index (χ3n) is 7.18. The molecule has 1 saturated heterocycles. The van der Waals surface area contributed by atoms with Gasteiger partial charge in [-0.25, -0.2) is 18.9 Å². The van der Waals surface area contributed by atoms with E-state index in [0.717, 1.165) is 5.69 Å². The van der Waals surface area contributed by atoms with E-state index in [-0.39, 0.29) is 22.8 Å². The SMILES string of the molecule is Cc1cc(Nc2nc(CC3(c4noc(C)n4)CCN(C(=O)O)C(C(C)(C)C)C3)ccc2F)n(C(C)(C)C)n1. The molecule has 38 heavy (non-hydrogen) atoms. The van der Waals surface area contributed by atoms with E-state index in [0.29, 0.717) is 49.0 Å². The first kappa shape index (κ1) is 27.5. The highest BCUT2D eigenvalue weighted by Crippen LogP contribution is 2.44. The molecule has 1 fully saturated rings. The Morgan fingerprint density at radius 1 is 1.21 bits per heavy atom. The van der Waals surface area contributed by atoms with Gasteiger partial charge in [-0.15, -0.1) is 0 Å². The Balaban J connectivity index is 1.72. The third-order valence-corrected chi connectivity index (χ3v) is 7.18. The molecule has 1 amide bonds. The second kappa shape index (κ2) is 9.67. The van der Waals surface area contributed by atoms with Crippen LogP contribution in [0.3, 0.4) is 0 Å². The van der Waals surface area contributed by atoms with Crippen LogP contribution >= 0.6 is 0 Å². The number of amides is 1. The molecule has 11 heteroatoms. The van der Waals surface area contributed by atoms with Gasteiger partial charge in [0, 0.05) is 43.1 Å². The largest absolute Gasteiger partial charge is 0.465 e. The number of hydrogen-bond acceptors (Lipinski definition) is 7. The molecule has 0 aromatic carbocycles. The van der Waals surface area contributed by atoms with Crippen molar-refractivity contribution in [3.05, 3.63) is 47.1 Å². The van der Waals surface area contributed by atoms with Crippen molar-refractivity contribution < 1.29 is 18.8 Å². The number of piperidine rings is 1. The predicted octanol–water partition coefficient (Wildman–Crippen LogP) is 5.58. The Labute approximate surface area is 222 Å². The molecule has 10 nitrogen and oxygen atoms in total. The molecule has 0 radical (unpaired) electrons. The van der Waals surface area contributed by atoms with E-state index < -0.39 is 17.3 Å². The van der Waals surface area contributed by atoms with E-state index in [1.165, 1.54) is 11.0 Å². The van der Waals surface area contributed by atoms with E-state index >= 15 is 0 Å². The van der Waals surface area contributed by atoms with Gasteiger partial charge >= 0.3 is 6.09 Å². The molecule has 0 aliphatic carbocycles. The second-order valence-electron chi connectivity index (χ2n) is 12.4. The van der Waals surface area contributed by atoms with E-state index in [1.807, 2.05) is 59.2 Å². The summed E-state index contributed by atoms with van der Waals surface area (Å²) in [5, 5.41) is 21.9. The number of anilines is 2. The number of carboxylic acid groups (broad SMARTS) is 1. The van der Waals surface area contributed by atoms with Crippen molar-refractivity contribution in [1.29, 1.82) is 0 Å². The first-order valence-electron chi connectivity index (χ1n) is 12.9. The van der Waals surface area contributed by atoms with Crippen LogP contribution in [-0.4, -0.2) is 53.6 Å². The van der Waals surface area contributed by atoms with Crippen molar-refractivity contribution >= 4 is 17.7 Å². The molecule has 1 aliphatic heterocycles. The fourth-order valence-electron chi connectivity index (χ4n) is 5.27. The molecule has 4 heterocycles. The normalized spacial score (nSPS) is 20.6. The van der Waals surface area contributed by atoms with Crippen LogP contribution in [0.1, 0.15) is 77.5 Å². The molecule has 2 atom stereocenters. The Kier molecular flexibility index (Phi) is 7.00. The predicted molar refractivity (Wildman–Crippen MR) is 141 cm³/mol. The number of pyridine rings is 1. The van der Waals surface area contributed by atoms with Gasteiger partial charge in [0.05, 0.1) is 11.2 Å². The zero-order valence-corrected chi connectivity index (χ0v) is 23.5. The summed E-state index contributed by atoms with van der Waals surface area (Å²) in [5.74, 6) is 1.22. The van der Waals surface area contributed by atoms with Gasteiger partial charge in [-0.3, -0.25) is 0 Å². The van der Waals surface area contributed by atoms with Crippen molar-refractivity contribution in [1.82, 2.24) is 29.8 Å². The van der Waals surface area contributed by atoms with Gasteiger partial charge in [0.15, 0.2) is 17.5 Å². The smallest absolute Gasteiger partial charge is 0.407 e. The van der Waals surface area contributed by atoms with Crippen LogP contribution in [-0.2, 0) is 17.4 Å². The summed E-state index contributed by atoms with van der Waals surface area (Å²) in [5.41, 5.74) is 0.184. The Morgan fingerprint density at radius 3 is 2.50 bits per heavy atom. The lowest BCUT2D eigenvalue weighted by Crippen LogP contribution is -2.56. The maximum atomic E-state index is 15.0. The highest BCUT2D eigenvalue weighted by molar-refractivity contribution is 5.66. The van der Waals surface area contributed by atoms with Crippen LogP contribution in [0.25, 0.3) is 0 Å². The zero-order valence-electron chi connectivity index (χ0n) is 23.5. The molecule has 4 rings (SSSR count). The van der Waals surface area contributed by atoms with Crippen LogP contribution in [0.5, 0.6) is 0 Å². The van der Waals surface area contributed by atoms with Crippen molar-refractivity contribution in [2.45, 2.75) is 91.6 Å². The molecular formula is C27H38FN7O3. The minimum Gasteiger partial charge on any atom is -0.465 e. The van der Waals surface area contributed by atoms with Gasteiger partial charge in [-0.2, -0.15) is 10.1 Å². The summed E-state index contributed by atoms with van der Waals surface area (Å²) >= 11 is 0. The summed E-state index contributed by atoms with van der Waals surface area (Å²) in [7, 11) is 0. The van der Waals surface area contributed by atoms with E-state index in [2.05, 4.69) is 25.5 Å². The molecule has 2 unspecified atom stereocenters. The minimum atomic E-state index is -0.944. The summed E-state index contributed by atoms with van der Waals surface area (Å²) in [4.78, 5) is 22.8. The Bertz CT molecular complexity index is 1320. The van der Waals surface area contributed by atoms with Gasteiger partial charge in [0.2, 0.25) is 5.89 Å². The molecule has 206 valence electrons. The number of hydrogen-bond donors (Lipinski definition) is 2. The lowest BCUT2D eigenvalue weighted by atomic mass is 9.66. The van der Waals surface area contributed by atoms with Crippen LogP contribution in [0, 0.1) is 25.1 Å². The van der Waals surface area contributed by atoms with Crippen LogP contribution in [0.15, 0.2) is 22.7 Å². The molecular weight excluding hydrogens is 489 g/mol. The Morgan fingerprint density at radius 2 is 1.92 bits per heavy atom. The van der Waals surface area contributed by atoms with Gasteiger partial charge < -0.3 is 19.8 Å². The van der Waals surface area contributed by atoms with E-state index in [9.17, 15) is 14.3 Å². The van der Waals surface area contributed by atoms with Crippen molar-refractivity contribution in [2.75, 3.05) is 11.9 Å². The summed E-state index contributed by atoms with van der Waals surface area (Å²) in [6.07, 6.45) is 0.431. The fraction of sp³-hybridized carbons (Fsp3) is 0.593. The molecule has 3 aromatic heterocycles. The maximum absolute atomic E-state index is 15.0. The third kappa shape index (κ3) is 5.51. The van der Waals surface area contributed by atoms with Gasteiger partial charge in [-0.1, -0.05) is 25.9 Å². The Hall–Kier alpha value is -3.50. The number of likely N-dealkylation sites (tertiary alicyclic amines) is 1. The van der Waals surface area contributed by atoms with Crippen molar-refractivity contribution in [3.63, 3.8) is 0 Å². The number of nitrogens with one attached hydrogen (secondary N) is 1. The molecule has 0 bridgehead atoms. The average molecular weight is 528 g/mol. The monoisotopic (exact) mass is 527 g/mol. The lowest BCUT2D eigenvalue weighted by molar-refractivity contribution is 0.0267. The quantitative estimate of drug-likeness (QED) is 0.441. The number of nitrogens with zero attached hydrogens (tertiary/aromatic N) is 6. The summed E-state index contributed by atoms with van der Waals surface area (Å²) < 4.78 is 22.1. The molecule has 3 aromatic rings.